The maximum atomic E-state index is 12.6. The van der Waals surface area contributed by atoms with Gasteiger partial charge in [-0.1, -0.05) is 5.16 Å². The second-order valence-electron chi connectivity index (χ2n) is 7.40. The average molecular weight is 416 g/mol. The van der Waals surface area contributed by atoms with Gasteiger partial charge in [-0.05, 0) is 44.2 Å². The summed E-state index contributed by atoms with van der Waals surface area (Å²) >= 11 is 1.65. The number of hydrogen-bond acceptors (Lipinski definition) is 7. The minimum absolute atomic E-state index is 0.133. The maximum absolute atomic E-state index is 12.6. The molecule has 7 nitrogen and oxygen atoms in total. The minimum atomic E-state index is -0.133. The van der Waals surface area contributed by atoms with E-state index in [-0.39, 0.29) is 12.5 Å². The van der Waals surface area contributed by atoms with Crippen molar-refractivity contribution in [2.24, 2.45) is 5.92 Å². The van der Waals surface area contributed by atoms with Crippen LogP contribution in [0.4, 0.5) is 0 Å². The van der Waals surface area contributed by atoms with Gasteiger partial charge >= 0.3 is 0 Å². The van der Waals surface area contributed by atoms with E-state index in [2.05, 4.69) is 10.1 Å². The summed E-state index contributed by atoms with van der Waals surface area (Å²) in [4.78, 5) is 18.8. The third kappa shape index (κ3) is 4.94. The van der Waals surface area contributed by atoms with Gasteiger partial charge in [0.1, 0.15) is 12.4 Å². The molecule has 0 N–H and O–H groups in total. The van der Waals surface area contributed by atoms with Crippen LogP contribution in [0.2, 0.25) is 0 Å². The third-order valence-electron chi connectivity index (χ3n) is 5.19. The molecule has 3 heterocycles. The highest BCUT2D eigenvalue weighted by atomic mass is 32.1. The van der Waals surface area contributed by atoms with Crippen molar-refractivity contribution < 1.29 is 18.8 Å². The molecule has 8 heteroatoms. The monoisotopic (exact) mass is 415 g/mol. The zero-order valence-electron chi connectivity index (χ0n) is 16.7. The quantitative estimate of drug-likeness (QED) is 0.579. The molecule has 154 valence electrons. The van der Waals surface area contributed by atoms with E-state index in [9.17, 15) is 4.79 Å². The fourth-order valence-electron chi connectivity index (χ4n) is 3.46. The van der Waals surface area contributed by atoms with E-state index in [1.807, 2.05) is 25.1 Å². The van der Waals surface area contributed by atoms with Crippen LogP contribution in [0, 0.1) is 12.8 Å². The normalized spacial score (nSPS) is 15.0. The van der Waals surface area contributed by atoms with Crippen molar-refractivity contribution in [3.63, 3.8) is 0 Å². The Morgan fingerprint density at radius 1 is 1.31 bits per heavy atom. The van der Waals surface area contributed by atoms with Crippen molar-refractivity contribution in [3.8, 4) is 5.75 Å². The van der Waals surface area contributed by atoms with Gasteiger partial charge in [-0.15, -0.1) is 11.3 Å². The van der Waals surface area contributed by atoms with Crippen molar-refractivity contribution in [1.29, 1.82) is 0 Å². The van der Waals surface area contributed by atoms with Crippen LogP contribution in [-0.4, -0.2) is 47.8 Å². The number of carbonyl (C=O) groups excluding carboxylic acids is 1. The Kier molecular flexibility index (Phi) is 6.10. The highest BCUT2D eigenvalue weighted by Gasteiger charge is 2.20. The number of aryl methyl sites for hydroxylation is 1. The number of hydrogen-bond donors (Lipinski definition) is 0. The molecule has 1 amide bonds. The maximum Gasteiger partial charge on any atom is 0.275 e. The zero-order chi connectivity index (χ0) is 20.2. The Balaban J connectivity index is 1.30. The van der Waals surface area contributed by atoms with Crippen molar-refractivity contribution in [2.75, 3.05) is 26.8 Å². The lowest BCUT2D eigenvalue weighted by Gasteiger charge is -2.24. The summed E-state index contributed by atoms with van der Waals surface area (Å²) in [5, 5.41) is 4.95. The van der Waals surface area contributed by atoms with Gasteiger partial charge in [-0.3, -0.25) is 4.79 Å². The first-order valence-corrected chi connectivity index (χ1v) is 10.7. The molecule has 1 aromatic carbocycles. The lowest BCUT2D eigenvalue weighted by molar-refractivity contribution is 0.0581. The summed E-state index contributed by atoms with van der Waals surface area (Å²) in [6, 6.07) is 7.47. The molecule has 1 fully saturated rings. The first-order valence-electron chi connectivity index (χ1n) is 9.87. The molecule has 0 spiro atoms. The van der Waals surface area contributed by atoms with E-state index in [1.54, 1.807) is 29.4 Å². The van der Waals surface area contributed by atoms with Gasteiger partial charge in [0.2, 0.25) is 0 Å². The summed E-state index contributed by atoms with van der Waals surface area (Å²) < 4.78 is 17.6. The molecule has 29 heavy (non-hydrogen) atoms. The number of nitrogens with zero attached hydrogens (tertiary/aromatic N) is 3. The van der Waals surface area contributed by atoms with Crippen LogP contribution in [0.3, 0.4) is 0 Å². The number of thiazole rings is 1. The van der Waals surface area contributed by atoms with Crippen molar-refractivity contribution >= 4 is 27.5 Å². The zero-order valence-corrected chi connectivity index (χ0v) is 17.5. The van der Waals surface area contributed by atoms with Crippen LogP contribution >= 0.6 is 11.3 Å². The second kappa shape index (κ2) is 8.92. The van der Waals surface area contributed by atoms with Gasteiger partial charge in [0.05, 0.1) is 15.2 Å². The fraction of sp³-hybridized carbons (Fsp3) is 0.476. The van der Waals surface area contributed by atoms with E-state index in [4.69, 9.17) is 14.0 Å². The summed E-state index contributed by atoms with van der Waals surface area (Å²) in [5.41, 5.74) is 1.23. The number of rotatable bonds is 7. The minimum Gasteiger partial charge on any atom is -0.485 e. The topological polar surface area (TPSA) is 77.7 Å². The predicted molar refractivity (Wildman–Crippen MR) is 110 cm³/mol. The van der Waals surface area contributed by atoms with Crippen molar-refractivity contribution in [2.45, 2.75) is 32.8 Å². The fourth-order valence-corrected chi connectivity index (χ4v) is 4.26. The van der Waals surface area contributed by atoms with Crippen LogP contribution in [-0.2, 0) is 11.3 Å². The van der Waals surface area contributed by atoms with Gasteiger partial charge in [0.15, 0.2) is 11.5 Å². The molecule has 0 unspecified atom stereocenters. The number of amides is 1. The van der Waals surface area contributed by atoms with Crippen molar-refractivity contribution in [1.82, 2.24) is 15.0 Å². The number of carbonyl (C=O) groups is 1. The van der Waals surface area contributed by atoms with E-state index < -0.39 is 0 Å². The van der Waals surface area contributed by atoms with Gasteiger partial charge in [0, 0.05) is 38.9 Å². The Bertz CT molecular complexity index is 977. The molecule has 0 bridgehead atoms. The van der Waals surface area contributed by atoms with Gasteiger partial charge < -0.3 is 18.9 Å². The van der Waals surface area contributed by atoms with Gasteiger partial charge in [-0.25, -0.2) is 4.98 Å². The lowest BCUT2D eigenvalue weighted by Crippen LogP contribution is -2.30. The van der Waals surface area contributed by atoms with Crippen molar-refractivity contribution in [3.05, 3.63) is 40.7 Å². The Labute approximate surface area is 173 Å². The smallest absolute Gasteiger partial charge is 0.275 e. The molecule has 1 aliphatic heterocycles. The molecular formula is C21H25N3O4S. The third-order valence-corrected chi connectivity index (χ3v) is 6.14. The average Bonchev–Trinajstić information content (AvgIpc) is 3.36. The number of aromatic nitrogens is 2. The molecule has 0 radical (unpaired) electrons. The summed E-state index contributed by atoms with van der Waals surface area (Å²) in [5.74, 6) is 1.71. The number of fused-ring (bicyclic) bond motifs is 1. The molecule has 0 saturated carbocycles. The Morgan fingerprint density at radius 2 is 2.14 bits per heavy atom. The van der Waals surface area contributed by atoms with E-state index in [1.165, 1.54) is 0 Å². The molecule has 0 atom stereocenters. The largest absolute Gasteiger partial charge is 0.485 e. The van der Waals surface area contributed by atoms with Crippen LogP contribution in [0.25, 0.3) is 10.2 Å². The molecular weight excluding hydrogens is 390 g/mol. The van der Waals surface area contributed by atoms with Crippen LogP contribution in [0.5, 0.6) is 5.75 Å². The summed E-state index contributed by atoms with van der Waals surface area (Å²) in [6.07, 6.45) is 3.12. The number of ether oxygens (including phenoxy) is 2. The molecule has 2 aromatic heterocycles. The standard InChI is InChI=1S/C21H25N3O4S/c1-14-22-18-11-16(3-4-20(18)29-14)27-13-17-12-19(23-28-17)21(25)24(2)8-5-15-6-9-26-10-7-15/h3-4,11-12,15H,5-10,13H2,1-2H3. The Hall–Kier alpha value is -2.45. The van der Waals surface area contributed by atoms with Gasteiger partial charge in [0.25, 0.3) is 5.91 Å². The molecule has 1 saturated heterocycles. The number of benzene rings is 1. The highest BCUT2D eigenvalue weighted by Crippen LogP contribution is 2.26. The predicted octanol–water partition coefficient (Wildman–Crippen LogP) is 4.06. The summed E-state index contributed by atoms with van der Waals surface area (Å²) in [7, 11) is 1.80. The summed E-state index contributed by atoms with van der Waals surface area (Å²) in [6.45, 7) is 4.54. The first kappa shape index (κ1) is 19.8. The van der Waals surface area contributed by atoms with Gasteiger partial charge in [-0.2, -0.15) is 0 Å². The van der Waals surface area contributed by atoms with Crippen LogP contribution in [0.15, 0.2) is 28.8 Å². The Morgan fingerprint density at radius 3 is 2.97 bits per heavy atom. The SMILES string of the molecule is Cc1nc2cc(OCc3cc(C(=O)N(C)CCC4CCOCC4)no3)ccc2s1. The highest BCUT2D eigenvalue weighted by molar-refractivity contribution is 7.18. The van der Waals surface area contributed by atoms with E-state index >= 15 is 0 Å². The first-order chi connectivity index (χ1) is 14.1. The van der Waals surface area contributed by atoms with Crippen LogP contribution < -0.4 is 4.74 Å². The van der Waals surface area contributed by atoms with E-state index in [0.717, 1.165) is 47.7 Å². The van der Waals surface area contributed by atoms with E-state index in [0.29, 0.717) is 29.7 Å². The molecule has 3 aromatic rings. The second-order valence-corrected chi connectivity index (χ2v) is 8.64. The van der Waals surface area contributed by atoms with Crippen LogP contribution in [0.1, 0.15) is 40.5 Å². The molecule has 1 aliphatic rings. The molecule has 4 rings (SSSR count). The molecule has 0 aliphatic carbocycles. The lowest BCUT2D eigenvalue weighted by atomic mass is 9.96.